The molecule has 1 atom stereocenters. The summed E-state index contributed by atoms with van der Waals surface area (Å²) in [6, 6.07) is 7.45. The highest BCUT2D eigenvalue weighted by molar-refractivity contribution is 7.90. The summed E-state index contributed by atoms with van der Waals surface area (Å²) in [6.45, 7) is 1.37. The normalized spacial score (nSPS) is 21.8. The fraction of sp³-hybridized carbons (Fsp3) is 0.632. The molecule has 1 amide bonds. The van der Waals surface area contributed by atoms with Gasteiger partial charge in [-0.2, -0.15) is 0 Å². The second kappa shape index (κ2) is 8.39. The quantitative estimate of drug-likeness (QED) is 0.739. The number of anilines is 1. The first kappa shape index (κ1) is 19.2. The third-order valence-corrected chi connectivity index (χ3v) is 7.40. The van der Waals surface area contributed by atoms with Gasteiger partial charge < -0.3 is 10.6 Å². The van der Waals surface area contributed by atoms with Crippen molar-refractivity contribution in [2.45, 2.75) is 50.2 Å². The Morgan fingerprint density at radius 3 is 2.50 bits per heavy atom. The number of sulfonamides is 1. The maximum atomic E-state index is 12.7. The van der Waals surface area contributed by atoms with E-state index in [2.05, 4.69) is 4.72 Å². The molecular weight excluding hydrogens is 350 g/mol. The molecule has 1 saturated heterocycles. The number of rotatable bonds is 6. The number of piperidine rings is 1. The van der Waals surface area contributed by atoms with Crippen LogP contribution in [-0.4, -0.2) is 44.1 Å². The Balaban J connectivity index is 1.52. The molecule has 2 fully saturated rings. The van der Waals surface area contributed by atoms with Crippen LogP contribution in [0.4, 0.5) is 5.69 Å². The van der Waals surface area contributed by atoms with Crippen LogP contribution in [0, 0.1) is 5.92 Å². The Bertz CT molecular complexity index is 712. The van der Waals surface area contributed by atoms with E-state index in [0.29, 0.717) is 38.2 Å². The Hall–Kier alpha value is -1.60. The van der Waals surface area contributed by atoms with Crippen LogP contribution >= 0.6 is 0 Å². The van der Waals surface area contributed by atoms with Crippen LogP contribution in [0.1, 0.15) is 44.1 Å². The van der Waals surface area contributed by atoms with Gasteiger partial charge in [0.15, 0.2) is 0 Å². The number of amides is 1. The van der Waals surface area contributed by atoms with Gasteiger partial charge in [0.2, 0.25) is 15.9 Å². The Morgan fingerprint density at radius 1 is 1.12 bits per heavy atom. The first-order valence-electron chi connectivity index (χ1n) is 9.57. The van der Waals surface area contributed by atoms with E-state index in [4.69, 9.17) is 5.73 Å². The molecule has 1 aliphatic heterocycles. The third-order valence-electron chi connectivity index (χ3n) is 5.53. The highest BCUT2D eigenvalue weighted by Gasteiger charge is 2.35. The van der Waals surface area contributed by atoms with Crippen molar-refractivity contribution in [2.24, 2.45) is 5.92 Å². The molecule has 1 unspecified atom stereocenters. The van der Waals surface area contributed by atoms with Crippen molar-refractivity contribution in [3.8, 4) is 0 Å². The van der Waals surface area contributed by atoms with Gasteiger partial charge in [-0.25, -0.2) is 13.1 Å². The molecule has 1 aromatic rings. The number of nitrogen functional groups attached to an aromatic ring is 1. The van der Waals surface area contributed by atoms with Crippen LogP contribution in [0.5, 0.6) is 0 Å². The summed E-state index contributed by atoms with van der Waals surface area (Å²) in [5, 5.41) is -0.506. The molecule has 1 saturated carbocycles. The fourth-order valence-electron chi connectivity index (χ4n) is 3.96. The minimum Gasteiger partial charge on any atom is -0.399 e. The number of nitrogens with zero attached hydrogens (tertiary/aromatic N) is 1. The first-order valence-corrected chi connectivity index (χ1v) is 11.1. The average molecular weight is 380 g/mol. The van der Waals surface area contributed by atoms with Gasteiger partial charge in [-0.1, -0.05) is 25.0 Å². The summed E-state index contributed by atoms with van der Waals surface area (Å²) in [5.74, 6) is 0.263. The van der Waals surface area contributed by atoms with E-state index >= 15 is 0 Å². The summed E-state index contributed by atoms with van der Waals surface area (Å²) in [6.07, 6.45) is 6.11. The van der Waals surface area contributed by atoms with E-state index in [1.54, 1.807) is 4.90 Å². The summed E-state index contributed by atoms with van der Waals surface area (Å²) >= 11 is 0. The molecular formula is C19H29N3O3S. The van der Waals surface area contributed by atoms with Gasteiger partial charge in [0.1, 0.15) is 0 Å². The van der Waals surface area contributed by atoms with Gasteiger partial charge in [0.25, 0.3) is 0 Å². The maximum absolute atomic E-state index is 12.7. The van der Waals surface area contributed by atoms with Crippen molar-refractivity contribution >= 4 is 21.6 Å². The standard InChI is InChI=1S/C19H29N3O3S/c20-17-9-7-15(8-10-17)11-12-21-26(24,25)18-6-3-13-22(14-18)19(23)16-4-1-2-5-16/h7-10,16,18,21H,1-6,11-14,20H2. The number of likely N-dealkylation sites (tertiary alicyclic amines) is 1. The highest BCUT2D eigenvalue weighted by Crippen LogP contribution is 2.28. The molecule has 0 aromatic heterocycles. The summed E-state index contributed by atoms with van der Waals surface area (Å²) in [5.41, 5.74) is 7.40. The summed E-state index contributed by atoms with van der Waals surface area (Å²) in [7, 11) is -3.42. The molecule has 7 heteroatoms. The molecule has 26 heavy (non-hydrogen) atoms. The third kappa shape index (κ3) is 4.76. The van der Waals surface area contributed by atoms with Crippen LogP contribution in [-0.2, 0) is 21.2 Å². The molecule has 3 rings (SSSR count). The average Bonchev–Trinajstić information content (AvgIpc) is 3.17. The van der Waals surface area contributed by atoms with Crippen LogP contribution < -0.4 is 10.5 Å². The summed E-state index contributed by atoms with van der Waals surface area (Å²) < 4.78 is 28.0. The number of nitrogens with two attached hydrogens (primary N) is 1. The predicted molar refractivity (Wildman–Crippen MR) is 103 cm³/mol. The topological polar surface area (TPSA) is 92.5 Å². The van der Waals surface area contributed by atoms with Crippen LogP contribution in [0.3, 0.4) is 0 Å². The number of hydrogen-bond acceptors (Lipinski definition) is 4. The largest absolute Gasteiger partial charge is 0.399 e. The minimum atomic E-state index is -3.42. The van der Waals surface area contributed by atoms with E-state index < -0.39 is 15.3 Å². The zero-order chi connectivity index (χ0) is 18.6. The maximum Gasteiger partial charge on any atom is 0.225 e. The lowest BCUT2D eigenvalue weighted by molar-refractivity contribution is -0.136. The Labute approximate surface area is 156 Å². The van der Waals surface area contributed by atoms with E-state index in [-0.39, 0.29) is 11.8 Å². The molecule has 0 bridgehead atoms. The van der Waals surface area contributed by atoms with Gasteiger partial charge in [-0.3, -0.25) is 4.79 Å². The molecule has 144 valence electrons. The van der Waals surface area contributed by atoms with Gasteiger partial charge in [-0.05, 0) is 49.8 Å². The molecule has 2 aliphatic rings. The number of hydrogen-bond donors (Lipinski definition) is 2. The van der Waals surface area contributed by atoms with Crippen molar-refractivity contribution in [3.05, 3.63) is 29.8 Å². The molecule has 3 N–H and O–H groups in total. The van der Waals surface area contributed by atoms with E-state index in [1.165, 1.54) is 0 Å². The van der Waals surface area contributed by atoms with E-state index in [0.717, 1.165) is 37.7 Å². The molecule has 0 radical (unpaired) electrons. The van der Waals surface area contributed by atoms with Gasteiger partial charge >= 0.3 is 0 Å². The van der Waals surface area contributed by atoms with Gasteiger partial charge in [0.05, 0.1) is 5.25 Å². The first-order chi connectivity index (χ1) is 12.5. The lowest BCUT2D eigenvalue weighted by Gasteiger charge is -2.34. The fourth-order valence-corrected chi connectivity index (χ4v) is 5.44. The lowest BCUT2D eigenvalue weighted by Crippen LogP contribution is -2.49. The second-order valence-electron chi connectivity index (χ2n) is 7.46. The monoisotopic (exact) mass is 379 g/mol. The minimum absolute atomic E-state index is 0.106. The Morgan fingerprint density at radius 2 is 1.81 bits per heavy atom. The molecule has 6 nitrogen and oxygen atoms in total. The van der Waals surface area contributed by atoms with Crippen LogP contribution in [0.2, 0.25) is 0 Å². The Kier molecular flexibility index (Phi) is 6.19. The zero-order valence-corrected chi connectivity index (χ0v) is 16.0. The van der Waals surface area contributed by atoms with Crippen molar-refractivity contribution in [3.63, 3.8) is 0 Å². The van der Waals surface area contributed by atoms with E-state index in [9.17, 15) is 13.2 Å². The molecule has 1 heterocycles. The smallest absolute Gasteiger partial charge is 0.225 e. The second-order valence-corrected chi connectivity index (χ2v) is 9.51. The van der Waals surface area contributed by atoms with Crippen LogP contribution in [0.25, 0.3) is 0 Å². The van der Waals surface area contributed by atoms with Gasteiger partial charge in [0, 0.05) is 31.2 Å². The van der Waals surface area contributed by atoms with E-state index in [1.807, 2.05) is 24.3 Å². The van der Waals surface area contributed by atoms with Gasteiger partial charge in [-0.15, -0.1) is 0 Å². The lowest BCUT2D eigenvalue weighted by atomic mass is 10.0. The highest BCUT2D eigenvalue weighted by atomic mass is 32.2. The number of carbonyl (C=O) groups excluding carboxylic acids is 1. The summed E-state index contributed by atoms with van der Waals surface area (Å²) in [4.78, 5) is 14.4. The SMILES string of the molecule is Nc1ccc(CCNS(=O)(=O)C2CCCN(C(=O)C3CCCC3)C2)cc1. The molecule has 1 aliphatic carbocycles. The number of carbonyl (C=O) groups is 1. The van der Waals surface area contributed by atoms with Crippen LogP contribution in [0.15, 0.2) is 24.3 Å². The molecule has 0 spiro atoms. The van der Waals surface area contributed by atoms with Crippen molar-refractivity contribution in [1.29, 1.82) is 0 Å². The predicted octanol–water partition coefficient (Wildman–Crippen LogP) is 1.91. The van der Waals surface area contributed by atoms with Crippen molar-refractivity contribution < 1.29 is 13.2 Å². The van der Waals surface area contributed by atoms with Crippen molar-refractivity contribution in [2.75, 3.05) is 25.4 Å². The number of nitrogens with one attached hydrogen (secondary N) is 1. The zero-order valence-electron chi connectivity index (χ0n) is 15.2. The number of benzene rings is 1. The molecule has 1 aromatic carbocycles. The van der Waals surface area contributed by atoms with Crippen molar-refractivity contribution in [1.82, 2.24) is 9.62 Å².